The number of hydrogen-bond acceptors (Lipinski definition) is 3. The van der Waals surface area contributed by atoms with Gasteiger partial charge in [-0.15, -0.1) is 0 Å². The minimum Gasteiger partial charge on any atom is -0.496 e. The molecule has 4 nitrogen and oxygen atoms in total. The highest BCUT2D eigenvalue weighted by Gasteiger charge is 2.20. The van der Waals surface area contributed by atoms with Crippen molar-refractivity contribution in [3.05, 3.63) is 54.2 Å². The van der Waals surface area contributed by atoms with Gasteiger partial charge in [-0.3, -0.25) is 0 Å². The van der Waals surface area contributed by atoms with Crippen molar-refractivity contribution in [2.75, 3.05) is 27.7 Å². The van der Waals surface area contributed by atoms with Crippen LogP contribution in [0.4, 0.5) is 0 Å². The molecule has 0 saturated carbocycles. The molecule has 2 aromatic carbocycles. The summed E-state index contributed by atoms with van der Waals surface area (Å²) in [6, 6.07) is 14.5. The molecule has 0 aliphatic heterocycles. The number of aliphatic hydroxyl groups is 1. The maximum absolute atomic E-state index is 10.7. The van der Waals surface area contributed by atoms with Crippen molar-refractivity contribution in [1.29, 1.82) is 0 Å². The van der Waals surface area contributed by atoms with E-state index in [1.807, 2.05) is 37.2 Å². The molecule has 4 heteroatoms. The van der Waals surface area contributed by atoms with E-state index < -0.39 is 6.10 Å². The Morgan fingerprint density at radius 3 is 2.44 bits per heavy atom. The molecule has 25 heavy (non-hydrogen) atoms. The molecular weight excluding hydrogens is 312 g/mol. The van der Waals surface area contributed by atoms with Gasteiger partial charge in [0, 0.05) is 30.2 Å². The van der Waals surface area contributed by atoms with Crippen molar-refractivity contribution < 1.29 is 9.84 Å². The summed E-state index contributed by atoms with van der Waals surface area (Å²) < 4.78 is 7.88. The molecule has 132 valence electrons. The second kappa shape index (κ2) is 7.30. The van der Waals surface area contributed by atoms with E-state index in [1.54, 1.807) is 7.11 Å². The quantitative estimate of drug-likeness (QED) is 0.740. The summed E-state index contributed by atoms with van der Waals surface area (Å²) in [6.07, 6.45) is 1.50. The van der Waals surface area contributed by atoms with Crippen molar-refractivity contribution in [2.24, 2.45) is 0 Å². The standard InChI is InChI=1S/C21H26N2O2/c1-5-23-13-17(19(24)14-22(2)3)21-18(23)11-16(12-20(21)25-4)15-9-7-6-8-10-15/h6-13,19,24H,5,14H2,1-4H3. The minimum absolute atomic E-state index is 0.554. The summed E-state index contributed by atoms with van der Waals surface area (Å²) in [4.78, 5) is 1.99. The molecule has 1 aromatic heterocycles. The van der Waals surface area contributed by atoms with E-state index in [1.165, 1.54) is 0 Å². The van der Waals surface area contributed by atoms with Gasteiger partial charge in [-0.1, -0.05) is 30.3 Å². The fraction of sp³-hybridized carbons (Fsp3) is 0.333. The average molecular weight is 338 g/mol. The molecule has 1 atom stereocenters. The van der Waals surface area contributed by atoms with E-state index in [-0.39, 0.29) is 0 Å². The number of aliphatic hydroxyl groups excluding tert-OH is 1. The van der Waals surface area contributed by atoms with Gasteiger partial charge >= 0.3 is 0 Å². The highest BCUT2D eigenvalue weighted by molar-refractivity contribution is 5.94. The van der Waals surface area contributed by atoms with Gasteiger partial charge in [0.15, 0.2) is 0 Å². The molecular formula is C21H26N2O2. The maximum Gasteiger partial charge on any atom is 0.129 e. The number of benzene rings is 2. The van der Waals surface area contributed by atoms with Crippen molar-refractivity contribution in [3.8, 4) is 16.9 Å². The first-order valence-corrected chi connectivity index (χ1v) is 8.64. The number of hydrogen-bond donors (Lipinski definition) is 1. The van der Waals surface area contributed by atoms with E-state index in [0.29, 0.717) is 6.54 Å². The zero-order valence-corrected chi connectivity index (χ0v) is 15.4. The topological polar surface area (TPSA) is 37.6 Å². The number of aromatic nitrogens is 1. The molecule has 0 spiro atoms. The molecule has 3 aromatic rings. The van der Waals surface area contributed by atoms with E-state index in [0.717, 1.165) is 39.9 Å². The second-order valence-electron chi connectivity index (χ2n) is 6.59. The van der Waals surface area contributed by atoms with Crippen LogP contribution in [-0.2, 0) is 6.54 Å². The summed E-state index contributed by atoms with van der Waals surface area (Å²) in [5.41, 5.74) is 4.28. The summed E-state index contributed by atoms with van der Waals surface area (Å²) in [5, 5.41) is 11.7. The van der Waals surface area contributed by atoms with Crippen molar-refractivity contribution >= 4 is 10.9 Å². The molecule has 0 aliphatic rings. The lowest BCUT2D eigenvalue weighted by molar-refractivity contribution is 0.139. The Labute approximate surface area is 149 Å². The first kappa shape index (κ1) is 17.5. The third kappa shape index (κ3) is 3.41. The van der Waals surface area contributed by atoms with E-state index in [2.05, 4.69) is 42.0 Å². The normalized spacial score (nSPS) is 12.7. The number of rotatable bonds is 6. The van der Waals surface area contributed by atoms with Crippen LogP contribution in [0.25, 0.3) is 22.0 Å². The molecule has 1 N–H and O–H groups in total. The Morgan fingerprint density at radius 1 is 1.12 bits per heavy atom. The molecule has 0 aliphatic carbocycles. The van der Waals surface area contributed by atoms with Crippen molar-refractivity contribution in [1.82, 2.24) is 9.47 Å². The average Bonchev–Trinajstić information content (AvgIpc) is 3.00. The van der Waals surface area contributed by atoms with Crippen LogP contribution in [0.1, 0.15) is 18.6 Å². The first-order chi connectivity index (χ1) is 12.0. The van der Waals surface area contributed by atoms with Gasteiger partial charge in [0.2, 0.25) is 0 Å². The Kier molecular flexibility index (Phi) is 5.11. The number of nitrogens with zero attached hydrogens (tertiary/aromatic N) is 2. The number of methoxy groups -OCH3 is 1. The Morgan fingerprint density at radius 2 is 1.84 bits per heavy atom. The summed E-state index contributed by atoms with van der Waals surface area (Å²) >= 11 is 0. The third-order valence-corrected chi connectivity index (χ3v) is 4.54. The Balaban J connectivity index is 2.22. The summed E-state index contributed by atoms with van der Waals surface area (Å²) in [5.74, 6) is 0.802. The van der Waals surface area contributed by atoms with Crippen LogP contribution in [0, 0.1) is 0 Å². The number of likely N-dealkylation sites (N-methyl/N-ethyl adjacent to an activating group) is 1. The predicted molar refractivity (Wildman–Crippen MR) is 103 cm³/mol. The van der Waals surface area contributed by atoms with Gasteiger partial charge in [-0.05, 0) is 44.3 Å². The fourth-order valence-electron chi connectivity index (χ4n) is 3.34. The molecule has 3 rings (SSSR count). The lowest BCUT2D eigenvalue weighted by atomic mass is 10.0. The lowest BCUT2D eigenvalue weighted by Crippen LogP contribution is -2.19. The molecule has 0 fully saturated rings. The predicted octanol–water partition coefficient (Wildman–Crippen LogP) is 3.93. The van der Waals surface area contributed by atoms with Gasteiger partial charge < -0.3 is 19.3 Å². The number of aryl methyl sites for hydroxylation is 1. The number of fused-ring (bicyclic) bond motifs is 1. The zero-order valence-electron chi connectivity index (χ0n) is 15.4. The summed E-state index contributed by atoms with van der Waals surface area (Å²) in [6.45, 7) is 3.53. The van der Waals surface area contributed by atoms with Crippen LogP contribution in [0.3, 0.4) is 0 Å². The van der Waals surface area contributed by atoms with Crippen LogP contribution in [-0.4, -0.2) is 42.3 Å². The SMILES string of the molecule is CCn1cc(C(O)CN(C)C)c2c(OC)cc(-c3ccccc3)cc21. The highest BCUT2D eigenvalue weighted by Crippen LogP contribution is 2.38. The van der Waals surface area contributed by atoms with Gasteiger partial charge in [0.1, 0.15) is 5.75 Å². The van der Waals surface area contributed by atoms with Gasteiger partial charge in [-0.2, -0.15) is 0 Å². The lowest BCUT2D eigenvalue weighted by Gasteiger charge is -2.16. The van der Waals surface area contributed by atoms with Gasteiger partial charge in [0.25, 0.3) is 0 Å². The van der Waals surface area contributed by atoms with E-state index in [4.69, 9.17) is 4.74 Å². The highest BCUT2D eigenvalue weighted by atomic mass is 16.5. The number of ether oxygens (including phenoxy) is 1. The molecule has 0 radical (unpaired) electrons. The zero-order chi connectivity index (χ0) is 18.0. The monoisotopic (exact) mass is 338 g/mol. The Bertz CT molecular complexity index is 853. The van der Waals surface area contributed by atoms with Crippen LogP contribution < -0.4 is 4.74 Å². The van der Waals surface area contributed by atoms with Crippen molar-refractivity contribution in [3.63, 3.8) is 0 Å². The largest absolute Gasteiger partial charge is 0.496 e. The van der Waals surface area contributed by atoms with Crippen molar-refractivity contribution in [2.45, 2.75) is 19.6 Å². The van der Waals surface area contributed by atoms with E-state index in [9.17, 15) is 5.11 Å². The second-order valence-corrected chi connectivity index (χ2v) is 6.59. The van der Waals surface area contributed by atoms with Gasteiger partial charge in [0.05, 0.1) is 18.7 Å². The fourth-order valence-corrected chi connectivity index (χ4v) is 3.34. The third-order valence-electron chi connectivity index (χ3n) is 4.54. The van der Waals surface area contributed by atoms with Crippen LogP contribution in [0.5, 0.6) is 5.75 Å². The smallest absolute Gasteiger partial charge is 0.129 e. The molecule has 0 amide bonds. The van der Waals surface area contributed by atoms with Crippen LogP contribution in [0.15, 0.2) is 48.7 Å². The molecule has 1 unspecified atom stereocenters. The maximum atomic E-state index is 10.7. The summed E-state index contributed by atoms with van der Waals surface area (Å²) in [7, 11) is 5.62. The molecule has 0 bridgehead atoms. The molecule has 1 heterocycles. The van der Waals surface area contributed by atoms with Crippen LogP contribution in [0.2, 0.25) is 0 Å². The molecule has 0 saturated heterocycles. The van der Waals surface area contributed by atoms with Gasteiger partial charge in [-0.25, -0.2) is 0 Å². The van der Waals surface area contributed by atoms with Crippen LogP contribution >= 0.6 is 0 Å². The minimum atomic E-state index is -0.554. The Hall–Kier alpha value is -2.30. The van der Waals surface area contributed by atoms with E-state index >= 15 is 0 Å². The first-order valence-electron chi connectivity index (χ1n) is 8.64.